The van der Waals surface area contributed by atoms with Gasteiger partial charge in [-0.3, -0.25) is 9.89 Å². The lowest BCUT2D eigenvalue weighted by molar-refractivity contribution is 0.145. The van der Waals surface area contributed by atoms with E-state index in [2.05, 4.69) is 28.5 Å². The summed E-state index contributed by atoms with van der Waals surface area (Å²) in [5, 5.41) is 6.72. The van der Waals surface area contributed by atoms with Crippen LogP contribution < -0.4 is 10.6 Å². The van der Waals surface area contributed by atoms with E-state index < -0.39 is 0 Å². The summed E-state index contributed by atoms with van der Waals surface area (Å²) in [6, 6.07) is 4.25. The van der Waals surface area contributed by atoms with Gasteiger partial charge in [-0.2, -0.15) is 0 Å². The molecule has 2 rings (SSSR count). The third-order valence-corrected chi connectivity index (χ3v) is 4.43. The molecule has 0 bridgehead atoms. The second-order valence-corrected chi connectivity index (χ2v) is 6.32. The fourth-order valence-electron chi connectivity index (χ4n) is 3.14. The van der Waals surface area contributed by atoms with Crippen molar-refractivity contribution in [2.24, 2.45) is 4.99 Å². The Morgan fingerprint density at radius 1 is 1.28 bits per heavy atom. The van der Waals surface area contributed by atoms with Gasteiger partial charge in [-0.25, -0.2) is 0 Å². The van der Waals surface area contributed by atoms with Crippen LogP contribution in [-0.2, 0) is 4.74 Å². The number of hydrogen-bond acceptors (Lipinski definition) is 4. The molecule has 1 saturated heterocycles. The van der Waals surface area contributed by atoms with E-state index in [0.29, 0.717) is 6.54 Å². The predicted molar refractivity (Wildman–Crippen MR) is 102 cm³/mol. The fraction of sp³-hybridized carbons (Fsp3) is 0.737. The zero-order valence-corrected chi connectivity index (χ0v) is 15.8. The Kier molecular flexibility index (Phi) is 9.44. The van der Waals surface area contributed by atoms with Crippen molar-refractivity contribution in [3.05, 3.63) is 24.2 Å². The SMILES string of the molecule is CCNC(=NCC(c1ccco1)N1CCCCC1)NCCCOCC. The van der Waals surface area contributed by atoms with Crippen LogP contribution in [0, 0.1) is 0 Å². The summed E-state index contributed by atoms with van der Waals surface area (Å²) < 4.78 is 11.1. The van der Waals surface area contributed by atoms with Crippen LogP contribution in [0.1, 0.15) is 51.3 Å². The van der Waals surface area contributed by atoms with Crippen LogP contribution in [0.15, 0.2) is 27.8 Å². The third kappa shape index (κ3) is 7.08. The van der Waals surface area contributed by atoms with Gasteiger partial charge in [0.1, 0.15) is 5.76 Å². The number of nitrogens with zero attached hydrogens (tertiary/aromatic N) is 2. The standard InChI is InChI=1S/C19H34N4O2/c1-3-20-19(21-11-9-14-24-4-2)22-16-17(18-10-8-15-25-18)23-12-6-5-7-13-23/h8,10,15,17H,3-7,9,11-14,16H2,1-2H3,(H2,20,21,22). The van der Waals surface area contributed by atoms with Gasteiger partial charge in [-0.1, -0.05) is 6.42 Å². The van der Waals surface area contributed by atoms with E-state index in [-0.39, 0.29) is 6.04 Å². The molecule has 1 aromatic heterocycles. The molecule has 2 N–H and O–H groups in total. The first-order valence-corrected chi connectivity index (χ1v) is 9.72. The minimum absolute atomic E-state index is 0.217. The number of furan rings is 1. The molecule has 0 saturated carbocycles. The maximum absolute atomic E-state index is 5.70. The van der Waals surface area contributed by atoms with Gasteiger partial charge in [0.2, 0.25) is 0 Å². The van der Waals surface area contributed by atoms with Crippen LogP contribution in [0.5, 0.6) is 0 Å². The molecule has 142 valence electrons. The smallest absolute Gasteiger partial charge is 0.191 e. The van der Waals surface area contributed by atoms with Crippen LogP contribution >= 0.6 is 0 Å². The summed E-state index contributed by atoms with van der Waals surface area (Å²) in [7, 11) is 0. The van der Waals surface area contributed by atoms with Gasteiger partial charge in [0.05, 0.1) is 18.8 Å². The molecular weight excluding hydrogens is 316 g/mol. The van der Waals surface area contributed by atoms with E-state index in [1.807, 2.05) is 13.0 Å². The van der Waals surface area contributed by atoms with Gasteiger partial charge in [0.15, 0.2) is 5.96 Å². The molecule has 0 aliphatic carbocycles. The van der Waals surface area contributed by atoms with Crippen LogP contribution in [-0.4, -0.2) is 56.8 Å². The van der Waals surface area contributed by atoms with Crippen molar-refractivity contribution in [1.82, 2.24) is 15.5 Å². The Morgan fingerprint density at radius 2 is 2.12 bits per heavy atom. The Balaban J connectivity index is 1.93. The van der Waals surface area contributed by atoms with Gasteiger partial charge < -0.3 is 19.8 Å². The van der Waals surface area contributed by atoms with E-state index in [9.17, 15) is 0 Å². The minimum atomic E-state index is 0.217. The van der Waals surface area contributed by atoms with Gasteiger partial charge in [0, 0.05) is 26.3 Å². The van der Waals surface area contributed by atoms with Gasteiger partial charge in [-0.15, -0.1) is 0 Å². The molecule has 1 fully saturated rings. The highest BCUT2D eigenvalue weighted by molar-refractivity contribution is 5.79. The summed E-state index contributed by atoms with van der Waals surface area (Å²) >= 11 is 0. The van der Waals surface area contributed by atoms with E-state index in [0.717, 1.165) is 57.5 Å². The second kappa shape index (κ2) is 11.9. The van der Waals surface area contributed by atoms with E-state index in [4.69, 9.17) is 14.1 Å². The van der Waals surface area contributed by atoms with Crippen molar-refractivity contribution >= 4 is 5.96 Å². The Morgan fingerprint density at radius 3 is 2.80 bits per heavy atom. The van der Waals surface area contributed by atoms with Crippen LogP contribution in [0.25, 0.3) is 0 Å². The number of likely N-dealkylation sites (tertiary alicyclic amines) is 1. The number of rotatable bonds is 10. The molecule has 2 heterocycles. The lowest BCUT2D eigenvalue weighted by atomic mass is 10.1. The van der Waals surface area contributed by atoms with Crippen molar-refractivity contribution in [3.63, 3.8) is 0 Å². The number of aliphatic imine (C=N–C) groups is 1. The maximum Gasteiger partial charge on any atom is 0.191 e. The lowest BCUT2D eigenvalue weighted by Crippen LogP contribution is -2.40. The molecule has 1 aliphatic heterocycles. The van der Waals surface area contributed by atoms with Crippen molar-refractivity contribution in [2.45, 2.75) is 45.6 Å². The normalized spacial score (nSPS) is 17.4. The van der Waals surface area contributed by atoms with Crippen molar-refractivity contribution in [1.29, 1.82) is 0 Å². The zero-order chi connectivity index (χ0) is 17.7. The van der Waals surface area contributed by atoms with Crippen molar-refractivity contribution in [3.8, 4) is 0 Å². The molecule has 1 unspecified atom stereocenters. The molecule has 0 spiro atoms. The van der Waals surface area contributed by atoms with Gasteiger partial charge in [-0.05, 0) is 58.3 Å². The summed E-state index contributed by atoms with van der Waals surface area (Å²) in [6.45, 7) is 10.3. The highest BCUT2D eigenvalue weighted by Gasteiger charge is 2.24. The molecule has 6 heteroatoms. The van der Waals surface area contributed by atoms with Gasteiger partial charge >= 0.3 is 0 Å². The lowest BCUT2D eigenvalue weighted by Gasteiger charge is -2.32. The Bertz CT molecular complexity index is 470. The molecule has 6 nitrogen and oxygen atoms in total. The number of hydrogen-bond donors (Lipinski definition) is 2. The van der Waals surface area contributed by atoms with Gasteiger partial charge in [0.25, 0.3) is 0 Å². The Hall–Kier alpha value is -1.53. The largest absolute Gasteiger partial charge is 0.468 e. The molecule has 0 amide bonds. The highest BCUT2D eigenvalue weighted by atomic mass is 16.5. The van der Waals surface area contributed by atoms with Crippen molar-refractivity contribution < 1.29 is 9.15 Å². The van der Waals surface area contributed by atoms with E-state index >= 15 is 0 Å². The summed E-state index contributed by atoms with van der Waals surface area (Å²) in [4.78, 5) is 7.32. The monoisotopic (exact) mass is 350 g/mol. The summed E-state index contributed by atoms with van der Waals surface area (Å²) in [5.41, 5.74) is 0. The van der Waals surface area contributed by atoms with Crippen molar-refractivity contribution in [2.75, 3.05) is 45.9 Å². The quantitative estimate of drug-likeness (QED) is 0.386. The predicted octanol–water partition coefficient (Wildman–Crippen LogP) is 2.79. The molecule has 0 radical (unpaired) electrons. The molecule has 0 aromatic carbocycles. The van der Waals surface area contributed by atoms with E-state index in [1.54, 1.807) is 6.26 Å². The number of piperidine rings is 1. The first-order chi connectivity index (χ1) is 12.3. The van der Waals surface area contributed by atoms with Crippen LogP contribution in [0.3, 0.4) is 0 Å². The number of ether oxygens (including phenoxy) is 1. The molecule has 1 aliphatic rings. The molecular formula is C19H34N4O2. The minimum Gasteiger partial charge on any atom is -0.468 e. The van der Waals surface area contributed by atoms with Crippen LogP contribution in [0.2, 0.25) is 0 Å². The first kappa shape index (κ1) is 19.8. The zero-order valence-electron chi connectivity index (χ0n) is 15.8. The number of guanidine groups is 1. The Labute approximate surface area is 152 Å². The second-order valence-electron chi connectivity index (χ2n) is 6.32. The summed E-state index contributed by atoms with van der Waals surface area (Å²) in [6.07, 6.45) is 6.58. The molecule has 1 aromatic rings. The maximum atomic E-state index is 5.70. The molecule has 25 heavy (non-hydrogen) atoms. The number of nitrogens with one attached hydrogen (secondary N) is 2. The molecule has 1 atom stereocenters. The summed E-state index contributed by atoms with van der Waals surface area (Å²) in [5.74, 6) is 1.88. The topological polar surface area (TPSA) is 62.0 Å². The van der Waals surface area contributed by atoms with E-state index in [1.165, 1.54) is 19.3 Å². The fourth-order valence-corrected chi connectivity index (χ4v) is 3.14. The average Bonchev–Trinajstić information content (AvgIpc) is 3.17. The van der Waals surface area contributed by atoms with Crippen LogP contribution in [0.4, 0.5) is 0 Å². The first-order valence-electron chi connectivity index (χ1n) is 9.72. The average molecular weight is 351 g/mol. The third-order valence-electron chi connectivity index (χ3n) is 4.43. The highest BCUT2D eigenvalue weighted by Crippen LogP contribution is 2.25.